The summed E-state index contributed by atoms with van der Waals surface area (Å²) in [4.78, 5) is 15.7. The number of hydrogen-bond donors (Lipinski definition) is 1. The Labute approximate surface area is 117 Å². The SMILES string of the molecule is Cn1ccnc1CCOC(=O)COc1ccccc1N. The molecule has 0 saturated heterocycles. The average molecular weight is 275 g/mol. The Balaban J connectivity index is 1.71. The van der Waals surface area contributed by atoms with Crippen LogP contribution in [0.3, 0.4) is 0 Å². The first-order chi connectivity index (χ1) is 9.66. The summed E-state index contributed by atoms with van der Waals surface area (Å²) in [5.41, 5.74) is 6.19. The molecule has 106 valence electrons. The summed E-state index contributed by atoms with van der Waals surface area (Å²) in [7, 11) is 1.89. The number of carbonyl (C=O) groups is 1. The van der Waals surface area contributed by atoms with Gasteiger partial charge in [0.25, 0.3) is 0 Å². The molecule has 1 aromatic carbocycles. The van der Waals surface area contributed by atoms with Crippen molar-refractivity contribution in [3.63, 3.8) is 0 Å². The van der Waals surface area contributed by atoms with Gasteiger partial charge in [-0.2, -0.15) is 0 Å². The fourth-order valence-electron chi connectivity index (χ4n) is 1.68. The van der Waals surface area contributed by atoms with Crippen LogP contribution in [0.4, 0.5) is 5.69 Å². The topological polar surface area (TPSA) is 79.4 Å². The molecule has 1 heterocycles. The van der Waals surface area contributed by atoms with Gasteiger partial charge in [0.15, 0.2) is 6.61 Å². The maximum Gasteiger partial charge on any atom is 0.344 e. The number of imidazole rings is 1. The van der Waals surface area contributed by atoms with E-state index in [1.54, 1.807) is 30.5 Å². The van der Waals surface area contributed by atoms with E-state index in [1.807, 2.05) is 17.8 Å². The van der Waals surface area contributed by atoms with E-state index >= 15 is 0 Å². The van der Waals surface area contributed by atoms with Gasteiger partial charge in [0.2, 0.25) is 0 Å². The smallest absolute Gasteiger partial charge is 0.344 e. The number of esters is 1. The number of nitrogens with zero attached hydrogens (tertiary/aromatic N) is 2. The Kier molecular flexibility index (Phi) is 4.60. The van der Waals surface area contributed by atoms with Crippen LogP contribution in [0.1, 0.15) is 5.82 Å². The van der Waals surface area contributed by atoms with Crippen molar-refractivity contribution in [2.45, 2.75) is 6.42 Å². The number of aryl methyl sites for hydroxylation is 1. The molecule has 6 nitrogen and oxygen atoms in total. The zero-order valence-corrected chi connectivity index (χ0v) is 11.3. The number of hydrogen-bond acceptors (Lipinski definition) is 5. The minimum absolute atomic E-state index is 0.158. The molecule has 0 aliphatic rings. The highest BCUT2D eigenvalue weighted by Crippen LogP contribution is 2.19. The van der Waals surface area contributed by atoms with Gasteiger partial charge >= 0.3 is 5.97 Å². The number of rotatable bonds is 6. The van der Waals surface area contributed by atoms with Crippen molar-refractivity contribution in [3.8, 4) is 5.75 Å². The summed E-state index contributed by atoms with van der Waals surface area (Å²) in [5.74, 6) is 0.919. The molecule has 0 aliphatic carbocycles. The molecule has 0 amide bonds. The van der Waals surface area contributed by atoms with Crippen LogP contribution in [0.25, 0.3) is 0 Å². The fraction of sp³-hybridized carbons (Fsp3) is 0.286. The molecule has 0 aliphatic heterocycles. The molecule has 20 heavy (non-hydrogen) atoms. The monoisotopic (exact) mass is 275 g/mol. The van der Waals surface area contributed by atoms with E-state index in [0.29, 0.717) is 17.9 Å². The van der Waals surface area contributed by atoms with Gasteiger partial charge in [-0.25, -0.2) is 9.78 Å². The summed E-state index contributed by atoms with van der Waals surface area (Å²) < 4.78 is 12.2. The number of ether oxygens (including phenoxy) is 2. The van der Waals surface area contributed by atoms with Gasteiger partial charge in [-0.1, -0.05) is 12.1 Å². The lowest BCUT2D eigenvalue weighted by molar-refractivity contribution is -0.145. The minimum Gasteiger partial charge on any atom is -0.480 e. The second-order valence-electron chi connectivity index (χ2n) is 4.25. The quantitative estimate of drug-likeness (QED) is 0.632. The first-order valence-electron chi connectivity index (χ1n) is 6.26. The molecule has 0 atom stereocenters. The number of carbonyl (C=O) groups excluding carboxylic acids is 1. The predicted molar refractivity (Wildman–Crippen MR) is 74.2 cm³/mol. The van der Waals surface area contributed by atoms with Gasteiger partial charge < -0.3 is 19.8 Å². The Morgan fingerprint density at radius 2 is 2.20 bits per heavy atom. The molecule has 0 fully saturated rings. The van der Waals surface area contributed by atoms with Gasteiger partial charge in [-0.15, -0.1) is 0 Å². The summed E-state index contributed by atoms with van der Waals surface area (Å²) >= 11 is 0. The summed E-state index contributed by atoms with van der Waals surface area (Å²) in [6, 6.07) is 7.00. The third-order valence-electron chi connectivity index (χ3n) is 2.77. The molecule has 0 radical (unpaired) electrons. The van der Waals surface area contributed by atoms with Gasteiger partial charge in [0.05, 0.1) is 12.3 Å². The van der Waals surface area contributed by atoms with Gasteiger partial charge in [0.1, 0.15) is 11.6 Å². The molecule has 0 unspecified atom stereocenters. The molecule has 0 bridgehead atoms. The van der Waals surface area contributed by atoms with E-state index in [9.17, 15) is 4.79 Å². The molecular formula is C14H17N3O3. The summed E-state index contributed by atoms with van der Waals surface area (Å²) in [5, 5.41) is 0. The van der Waals surface area contributed by atoms with Gasteiger partial charge in [-0.3, -0.25) is 0 Å². The van der Waals surface area contributed by atoms with Crippen LogP contribution < -0.4 is 10.5 Å². The Bertz CT molecular complexity index is 581. The van der Waals surface area contributed by atoms with Crippen molar-refractivity contribution in [2.24, 2.45) is 7.05 Å². The van der Waals surface area contributed by atoms with E-state index in [-0.39, 0.29) is 13.2 Å². The molecule has 1 aromatic heterocycles. The summed E-state index contributed by atoms with van der Waals surface area (Å²) in [6.45, 7) is 0.117. The number of aromatic nitrogens is 2. The lowest BCUT2D eigenvalue weighted by Gasteiger charge is -2.08. The van der Waals surface area contributed by atoms with E-state index in [2.05, 4.69) is 4.98 Å². The van der Waals surface area contributed by atoms with Crippen LogP contribution in [0.5, 0.6) is 5.75 Å². The van der Waals surface area contributed by atoms with Crippen molar-refractivity contribution in [2.75, 3.05) is 18.9 Å². The lowest BCUT2D eigenvalue weighted by atomic mass is 10.3. The number of para-hydroxylation sites is 2. The molecular weight excluding hydrogens is 258 g/mol. The lowest BCUT2D eigenvalue weighted by Crippen LogP contribution is -2.17. The zero-order chi connectivity index (χ0) is 14.4. The van der Waals surface area contributed by atoms with Crippen LogP contribution in [0, 0.1) is 0 Å². The Morgan fingerprint density at radius 1 is 1.40 bits per heavy atom. The number of nitrogens with two attached hydrogens (primary N) is 1. The van der Waals surface area contributed by atoms with Crippen molar-refractivity contribution < 1.29 is 14.3 Å². The van der Waals surface area contributed by atoms with Crippen LogP contribution in [0.2, 0.25) is 0 Å². The van der Waals surface area contributed by atoms with Crippen LogP contribution >= 0.6 is 0 Å². The second kappa shape index (κ2) is 6.60. The van der Waals surface area contributed by atoms with Crippen molar-refractivity contribution in [1.82, 2.24) is 9.55 Å². The highest BCUT2D eigenvalue weighted by atomic mass is 16.6. The number of nitrogen functional groups attached to an aromatic ring is 1. The van der Waals surface area contributed by atoms with Crippen molar-refractivity contribution in [1.29, 1.82) is 0 Å². The van der Waals surface area contributed by atoms with Crippen molar-refractivity contribution >= 4 is 11.7 Å². The van der Waals surface area contributed by atoms with E-state index in [4.69, 9.17) is 15.2 Å². The van der Waals surface area contributed by atoms with Crippen LogP contribution in [-0.4, -0.2) is 28.7 Å². The van der Waals surface area contributed by atoms with Crippen molar-refractivity contribution in [3.05, 3.63) is 42.5 Å². The van der Waals surface area contributed by atoms with Crippen LogP contribution in [0.15, 0.2) is 36.7 Å². The molecule has 2 N–H and O–H groups in total. The maximum absolute atomic E-state index is 11.5. The predicted octanol–water partition coefficient (Wildman–Crippen LogP) is 1.17. The molecule has 0 saturated carbocycles. The minimum atomic E-state index is -0.428. The number of benzene rings is 1. The molecule has 0 spiro atoms. The maximum atomic E-state index is 11.5. The molecule has 6 heteroatoms. The van der Waals surface area contributed by atoms with Crippen LogP contribution in [-0.2, 0) is 23.0 Å². The first kappa shape index (κ1) is 13.9. The van der Waals surface area contributed by atoms with E-state index in [0.717, 1.165) is 5.82 Å². The van der Waals surface area contributed by atoms with Gasteiger partial charge in [0, 0.05) is 25.9 Å². The van der Waals surface area contributed by atoms with E-state index < -0.39 is 5.97 Å². The zero-order valence-electron chi connectivity index (χ0n) is 11.3. The standard InChI is InChI=1S/C14H17N3O3/c1-17-8-7-16-13(17)6-9-19-14(18)10-20-12-5-3-2-4-11(12)15/h2-5,7-8H,6,9-10,15H2,1H3. The molecule has 2 rings (SSSR count). The normalized spacial score (nSPS) is 10.2. The Hall–Kier alpha value is -2.50. The van der Waals surface area contributed by atoms with Gasteiger partial charge in [-0.05, 0) is 12.1 Å². The third kappa shape index (κ3) is 3.74. The largest absolute Gasteiger partial charge is 0.480 e. The highest BCUT2D eigenvalue weighted by molar-refractivity contribution is 5.71. The Morgan fingerprint density at radius 3 is 2.90 bits per heavy atom. The average Bonchev–Trinajstić information content (AvgIpc) is 2.84. The molecule has 2 aromatic rings. The highest BCUT2D eigenvalue weighted by Gasteiger charge is 2.07. The van der Waals surface area contributed by atoms with E-state index in [1.165, 1.54) is 0 Å². The summed E-state index contributed by atoms with van der Waals surface area (Å²) in [6.07, 6.45) is 4.12. The third-order valence-corrected chi connectivity index (χ3v) is 2.77. The fourth-order valence-corrected chi connectivity index (χ4v) is 1.68. The first-order valence-corrected chi connectivity index (χ1v) is 6.26. The number of anilines is 1. The second-order valence-corrected chi connectivity index (χ2v) is 4.25.